The molecule has 1 aliphatic carbocycles. The highest BCUT2D eigenvalue weighted by molar-refractivity contribution is 6.35. The van der Waals surface area contributed by atoms with Crippen molar-refractivity contribution in [2.75, 3.05) is 23.7 Å². The summed E-state index contributed by atoms with van der Waals surface area (Å²) in [6.07, 6.45) is 13.6. The fourth-order valence-electron chi connectivity index (χ4n) is 5.07. The molecule has 1 saturated carbocycles. The Bertz CT molecular complexity index is 1030. The number of aromatic nitrogens is 4. The van der Waals surface area contributed by atoms with E-state index < -0.39 is 0 Å². The number of halogens is 1. The molecular weight excluding hydrogens is 372 g/mol. The zero-order chi connectivity index (χ0) is 19.3. The van der Waals surface area contributed by atoms with Crippen LogP contribution in [0.5, 0.6) is 0 Å². The maximum Gasteiger partial charge on any atom is 0.211 e. The number of hydrogen-bond acceptors (Lipinski definition) is 5. The summed E-state index contributed by atoms with van der Waals surface area (Å²) in [5.74, 6) is 1.30. The average molecular weight is 397 g/mol. The molecule has 2 N–H and O–H groups in total. The van der Waals surface area contributed by atoms with Crippen LogP contribution < -0.4 is 10.6 Å². The van der Waals surface area contributed by atoms with Crippen LogP contribution in [0.25, 0.3) is 16.8 Å². The van der Waals surface area contributed by atoms with Crippen LogP contribution in [0.2, 0.25) is 5.02 Å². The standard InChI is InChI=1S/C21H25ClN6/c1-14-16(15-4-9-24-18(23)17(15)22)19-25-10-13-28(19)20(26-14)27-11-7-21(8-12-27)5-2-3-6-21/h4,9-10,13H,2-3,5-8,11-12H2,1H3,(H2,23,24). The number of fused-ring (bicyclic) bond motifs is 1. The summed E-state index contributed by atoms with van der Waals surface area (Å²) >= 11 is 6.46. The van der Waals surface area contributed by atoms with Crippen molar-refractivity contribution < 1.29 is 0 Å². The first-order valence-corrected chi connectivity index (χ1v) is 10.4. The van der Waals surface area contributed by atoms with Crippen molar-refractivity contribution in [2.24, 2.45) is 5.41 Å². The second-order valence-electron chi connectivity index (χ2n) is 8.24. The Morgan fingerprint density at radius 3 is 2.57 bits per heavy atom. The van der Waals surface area contributed by atoms with Crippen molar-refractivity contribution in [2.45, 2.75) is 45.4 Å². The molecule has 28 heavy (non-hydrogen) atoms. The number of hydrogen-bond donors (Lipinski definition) is 1. The average Bonchev–Trinajstić information content (AvgIpc) is 3.35. The van der Waals surface area contributed by atoms with E-state index in [1.165, 1.54) is 38.5 Å². The molecule has 0 bridgehead atoms. The van der Waals surface area contributed by atoms with Gasteiger partial charge in [-0.2, -0.15) is 0 Å². The number of pyridine rings is 1. The first kappa shape index (κ1) is 17.7. The quantitative estimate of drug-likeness (QED) is 0.690. The van der Waals surface area contributed by atoms with Gasteiger partial charge in [-0.25, -0.2) is 15.0 Å². The monoisotopic (exact) mass is 396 g/mol. The molecule has 4 heterocycles. The van der Waals surface area contributed by atoms with Gasteiger partial charge in [0.2, 0.25) is 5.95 Å². The molecule has 0 aromatic carbocycles. The summed E-state index contributed by atoms with van der Waals surface area (Å²) in [4.78, 5) is 16.1. The molecule has 2 aliphatic rings. The second-order valence-corrected chi connectivity index (χ2v) is 8.62. The number of nitrogen functional groups attached to an aromatic ring is 1. The largest absolute Gasteiger partial charge is 0.382 e. The Labute approximate surface area is 169 Å². The maximum atomic E-state index is 6.46. The lowest BCUT2D eigenvalue weighted by molar-refractivity contribution is 0.225. The van der Waals surface area contributed by atoms with Gasteiger partial charge in [-0.05, 0) is 44.1 Å². The first-order valence-electron chi connectivity index (χ1n) is 10.1. The van der Waals surface area contributed by atoms with Crippen molar-refractivity contribution in [3.05, 3.63) is 35.4 Å². The van der Waals surface area contributed by atoms with Gasteiger partial charge in [-0.1, -0.05) is 24.4 Å². The summed E-state index contributed by atoms with van der Waals surface area (Å²) in [7, 11) is 0. The molecule has 7 heteroatoms. The van der Waals surface area contributed by atoms with Crippen molar-refractivity contribution in [3.8, 4) is 11.1 Å². The Hall–Kier alpha value is -2.34. The third kappa shape index (κ3) is 2.73. The predicted molar refractivity (Wildman–Crippen MR) is 113 cm³/mol. The van der Waals surface area contributed by atoms with E-state index in [2.05, 4.69) is 19.3 Å². The third-order valence-electron chi connectivity index (χ3n) is 6.67. The van der Waals surface area contributed by atoms with E-state index >= 15 is 0 Å². The SMILES string of the molecule is Cc1nc(N2CCC3(CCCC3)CC2)n2ccnc2c1-c1ccnc(N)c1Cl. The van der Waals surface area contributed by atoms with Crippen LogP contribution in [0.15, 0.2) is 24.7 Å². The van der Waals surface area contributed by atoms with Crippen LogP contribution in [0.1, 0.15) is 44.2 Å². The molecule has 0 radical (unpaired) electrons. The van der Waals surface area contributed by atoms with Gasteiger partial charge in [0, 0.05) is 42.8 Å². The molecular formula is C21H25ClN6. The molecule has 1 aliphatic heterocycles. The number of nitrogens with two attached hydrogens (primary N) is 1. The van der Waals surface area contributed by atoms with Crippen molar-refractivity contribution in [1.82, 2.24) is 19.4 Å². The third-order valence-corrected chi connectivity index (χ3v) is 7.06. The van der Waals surface area contributed by atoms with Crippen LogP contribution in [0.4, 0.5) is 11.8 Å². The van der Waals surface area contributed by atoms with Crippen molar-refractivity contribution >= 4 is 29.0 Å². The van der Waals surface area contributed by atoms with Crippen LogP contribution in [-0.2, 0) is 0 Å². The van der Waals surface area contributed by atoms with E-state index in [4.69, 9.17) is 22.3 Å². The molecule has 146 valence electrons. The molecule has 3 aromatic rings. The van der Waals surface area contributed by atoms with Crippen molar-refractivity contribution in [3.63, 3.8) is 0 Å². The van der Waals surface area contributed by atoms with Crippen LogP contribution in [0, 0.1) is 12.3 Å². The lowest BCUT2D eigenvalue weighted by atomic mass is 9.77. The number of rotatable bonds is 2. The van der Waals surface area contributed by atoms with Gasteiger partial charge in [0.15, 0.2) is 0 Å². The summed E-state index contributed by atoms with van der Waals surface area (Å²) < 4.78 is 2.09. The molecule has 6 nitrogen and oxygen atoms in total. The summed E-state index contributed by atoms with van der Waals surface area (Å²) in [6, 6.07) is 1.88. The molecule has 5 rings (SSSR count). The Morgan fingerprint density at radius 2 is 1.82 bits per heavy atom. The zero-order valence-corrected chi connectivity index (χ0v) is 16.9. The minimum absolute atomic E-state index is 0.324. The minimum atomic E-state index is 0.324. The molecule has 0 amide bonds. The molecule has 3 aromatic heterocycles. The molecule has 1 saturated heterocycles. The number of aryl methyl sites for hydroxylation is 1. The smallest absolute Gasteiger partial charge is 0.211 e. The Balaban J connectivity index is 1.56. The highest BCUT2D eigenvalue weighted by Gasteiger charge is 2.37. The van der Waals surface area contributed by atoms with E-state index in [0.29, 0.717) is 16.3 Å². The predicted octanol–water partition coefficient (Wildman–Crippen LogP) is 4.50. The number of piperidine rings is 1. The van der Waals surface area contributed by atoms with E-state index in [1.54, 1.807) is 6.20 Å². The van der Waals surface area contributed by atoms with Gasteiger partial charge < -0.3 is 10.6 Å². The molecule has 1 spiro atoms. The van der Waals surface area contributed by atoms with Gasteiger partial charge >= 0.3 is 0 Å². The van der Waals surface area contributed by atoms with Crippen LogP contribution >= 0.6 is 11.6 Å². The first-order chi connectivity index (χ1) is 13.6. The van der Waals surface area contributed by atoms with Crippen LogP contribution in [0.3, 0.4) is 0 Å². The highest BCUT2D eigenvalue weighted by Crippen LogP contribution is 2.46. The minimum Gasteiger partial charge on any atom is -0.382 e. The van der Waals surface area contributed by atoms with Crippen molar-refractivity contribution in [1.29, 1.82) is 0 Å². The normalized spacial score (nSPS) is 19.0. The number of imidazole rings is 1. The lowest BCUT2D eigenvalue weighted by Gasteiger charge is -2.40. The molecule has 0 unspecified atom stereocenters. The number of anilines is 2. The van der Waals surface area contributed by atoms with E-state index in [1.807, 2.05) is 25.4 Å². The summed E-state index contributed by atoms with van der Waals surface area (Å²) in [6.45, 7) is 4.13. The van der Waals surface area contributed by atoms with Gasteiger partial charge in [-0.15, -0.1) is 0 Å². The lowest BCUT2D eigenvalue weighted by Crippen LogP contribution is -2.40. The molecule has 2 fully saturated rings. The van der Waals surface area contributed by atoms with E-state index in [9.17, 15) is 0 Å². The Kier molecular flexibility index (Phi) is 4.19. The topological polar surface area (TPSA) is 72.3 Å². The van der Waals surface area contributed by atoms with Gasteiger partial charge in [0.25, 0.3) is 0 Å². The second kappa shape index (κ2) is 6.62. The van der Waals surface area contributed by atoms with Gasteiger partial charge in [0.1, 0.15) is 11.5 Å². The summed E-state index contributed by atoms with van der Waals surface area (Å²) in [5.41, 5.74) is 10.0. The maximum absolute atomic E-state index is 6.46. The number of nitrogens with zero attached hydrogens (tertiary/aromatic N) is 5. The fraction of sp³-hybridized carbons (Fsp3) is 0.476. The Morgan fingerprint density at radius 1 is 1.07 bits per heavy atom. The van der Waals surface area contributed by atoms with E-state index in [-0.39, 0.29) is 0 Å². The molecule has 0 atom stereocenters. The van der Waals surface area contributed by atoms with E-state index in [0.717, 1.165) is 41.5 Å². The zero-order valence-electron chi connectivity index (χ0n) is 16.2. The summed E-state index contributed by atoms with van der Waals surface area (Å²) in [5, 5.41) is 0.450. The fourth-order valence-corrected chi connectivity index (χ4v) is 5.28. The van der Waals surface area contributed by atoms with Gasteiger partial charge in [0.05, 0.1) is 10.7 Å². The van der Waals surface area contributed by atoms with Crippen LogP contribution in [-0.4, -0.2) is 32.4 Å². The van der Waals surface area contributed by atoms with Gasteiger partial charge in [-0.3, -0.25) is 4.40 Å². The highest BCUT2D eigenvalue weighted by atomic mass is 35.5.